The minimum atomic E-state index is -0.427. The number of nitriles is 1. The first-order valence-electron chi connectivity index (χ1n) is 8.42. The SMILES string of the molecule is CCCCOCCCNC(=O)/C(C#N)=C\Nc1ccc(C(C)=O)cc1. The van der Waals surface area contributed by atoms with Crippen molar-refractivity contribution >= 4 is 17.4 Å². The van der Waals surface area contributed by atoms with E-state index >= 15 is 0 Å². The Bertz CT molecular complexity index is 630. The predicted octanol–water partition coefficient (Wildman–Crippen LogP) is 3.03. The normalized spacial score (nSPS) is 10.8. The number of nitrogens with one attached hydrogen (secondary N) is 2. The van der Waals surface area contributed by atoms with E-state index in [4.69, 9.17) is 10.00 Å². The Hall–Kier alpha value is -2.65. The van der Waals surface area contributed by atoms with Crippen LogP contribution in [0.1, 0.15) is 43.5 Å². The number of benzene rings is 1. The number of rotatable bonds is 11. The highest BCUT2D eigenvalue weighted by Crippen LogP contribution is 2.10. The van der Waals surface area contributed by atoms with Crippen LogP contribution in [0.3, 0.4) is 0 Å². The highest BCUT2D eigenvalue weighted by molar-refractivity contribution is 5.97. The largest absolute Gasteiger partial charge is 0.381 e. The summed E-state index contributed by atoms with van der Waals surface area (Å²) < 4.78 is 5.41. The lowest BCUT2D eigenvalue weighted by Gasteiger charge is -2.06. The molecule has 134 valence electrons. The number of carbonyl (C=O) groups is 2. The molecule has 0 saturated heterocycles. The van der Waals surface area contributed by atoms with Gasteiger partial charge >= 0.3 is 0 Å². The van der Waals surface area contributed by atoms with E-state index in [1.54, 1.807) is 24.3 Å². The van der Waals surface area contributed by atoms with Gasteiger partial charge in [-0.1, -0.05) is 13.3 Å². The zero-order valence-electron chi connectivity index (χ0n) is 14.8. The lowest BCUT2D eigenvalue weighted by Crippen LogP contribution is -2.26. The molecule has 0 aliphatic carbocycles. The molecule has 0 atom stereocenters. The summed E-state index contributed by atoms with van der Waals surface area (Å²) in [7, 11) is 0. The fraction of sp³-hybridized carbons (Fsp3) is 0.421. The van der Waals surface area contributed by atoms with Crippen LogP contribution >= 0.6 is 0 Å². The second-order valence-corrected chi connectivity index (χ2v) is 5.52. The molecule has 0 heterocycles. The van der Waals surface area contributed by atoms with E-state index in [0.29, 0.717) is 30.8 Å². The van der Waals surface area contributed by atoms with Gasteiger partial charge in [-0.05, 0) is 44.0 Å². The first-order chi connectivity index (χ1) is 12.1. The number of ether oxygens (including phenoxy) is 1. The molecule has 0 fully saturated rings. The number of ketones is 1. The quantitative estimate of drug-likeness (QED) is 0.279. The monoisotopic (exact) mass is 343 g/mol. The van der Waals surface area contributed by atoms with Crippen molar-refractivity contribution in [2.75, 3.05) is 25.1 Å². The number of hydrogen-bond donors (Lipinski definition) is 2. The molecule has 0 radical (unpaired) electrons. The van der Waals surface area contributed by atoms with Gasteiger partial charge in [0.25, 0.3) is 5.91 Å². The van der Waals surface area contributed by atoms with Crippen molar-refractivity contribution < 1.29 is 14.3 Å². The minimum Gasteiger partial charge on any atom is -0.381 e. The molecule has 6 heteroatoms. The van der Waals surface area contributed by atoms with Crippen LogP contribution in [0, 0.1) is 11.3 Å². The smallest absolute Gasteiger partial charge is 0.263 e. The van der Waals surface area contributed by atoms with Crippen LogP contribution < -0.4 is 10.6 Å². The topological polar surface area (TPSA) is 91.2 Å². The van der Waals surface area contributed by atoms with Gasteiger partial charge < -0.3 is 15.4 Å². The van der Waals surface area contributed by atoms with E-state index in [0.717, 1.165) is 19.4 Å². The Morgan fingerprint density at radius 1 is 1.20 bits per heavy atom. The molecule has 1 aromatic rings. The van der Waals surface area contributed by atoms with Crippen molar-refractivity contribution in [2.45, 2.75) is 33.1 Å². The van der Waals surface area contributed by atoms with Crippen LogP contribution in [-0.4, -0.2) is 31.4 Å². The second kappa shape index (κ2) is 11.8. The van der Waals surface area contributed by atoms with Gasteiger partial charge in [0.1, 0.15) is 11.6 Å². The molecule has 0 saturated carbocycles. The first-order valence-corrected chi connectivity index (χ1v) is 8.42. The fourth-order valence-electron chi connectivity index (χ4n) is 1.93. The highest BCUT2D eigenvalue weighted by Gasteiger charge is 2.08. The van der Waals surface area contributed by atoms with E-state index in [1.807, 2.05) is 6.07 Å². The number of Topliss-reactive ketones (excluding diaryl/α,β-unsaturated/α-hetero) is 1. The third kappa shape index (κ3) is 8.13. The van der Waals surface area contributed by atoms with Crippen LogP contribution in [0.4, 0.5) is 5.69 Å². The highest BCUT2D eigenvalue weighted by atomic mass is 16.5. The summed E-state index contributed by atoms with van der Waals surface area (Å²) in [6.45, 7) is 5.38. The average molecular weight is 343 g/mol. The van der Waals surface area contributed by atoms with Gasteiger partial charge in [0, 0.05) is 37.2 Å². The lowest BCUT2D eigenvalue weighted by atomic mass is 10.1. The van der Waals surface area contributed by atoms with Crippen molar-refractivity contribution in [3.8, 4) is 6.07 Å². The summed E-state index contributed by atoms with van der Waals surface area (Å²) >= 11 is 0. The van der Waals surface area contributed by atoms with E-state index in [2.05, 4.69) is 17.6 Å². The Morgan fingerprint density at radius 3 is 2.48 bits per heavy atom. The van der Waals surface area contributed by atoms with Crippen LogP contribution in [0.5, 0.6) is 0 Å². The molecule has 0 bridgehead atoms. The van der Waals surface area contributed by atoms with Crippen molar-refractivity contribution in [3.05, 3.63) is 41.6 Å². The molecule has 0 unspecified atom stereocenters. The summed E-state index contributed by atoms with van der Waals surface area (Å²) in [5.41, 5.74) is 1.28. The summed E-state index contributed by atoms with van der Waals surface area (Å²) in [5, 5.41) is 14.7. The van der Waals surface area contributed by atoms with Crippen LogP contribution in [0.25, 0.3) is 0 Å². The molecule has 1 rings (SSSR count). The maximum absolute atomic E-state index is 11.9. The Labute approximate surface area is 148 Å². The molecule has 2 N–H and O–H groups in total. The van der Waals surface area contributed by atoms with Crippen molar-refractivity contribution in [3.63, 3.8) is 0 Å². The van der Waals surface area contributed by atoms with Gasteiger partial charge in [0.05, 0.1) is 0 Å². The van der Waals surface area contributed by atoms with Gasteiger partial charge in [-0.15, -0.1) is 0 Å². The van der Waals surface area contributed by atoms with Gasteiger partial charge in [0.2, 0.25) is 0 Å². The number of unbranched alkanes of at least 4 members (excludes halogenated alkanes) is 1. The predicted molar refractivity (Wildman–Crippen MR) is 97.1 cm³/mol. The lowest BCUT2D eigenvalue weighted by molar-refractivity contribution is -0.117. The molecule has 0 spiro atoms. The third-order valence-corrected chi connectivity index (χ3v) is 3.43. The average Bonchev–Trinajstić information content (AvgIpc) is 2.61. The Kier molecular flexibility index (Phi) is 9.64. The number of amides is 1. The Balaban J connectivity index is 2.40. The number of anilines is 1. The summed E-state index contributed by atoms with van der Waals surface area (Å²) in [5.74, 6) is -0.443. The molecule has 6 nitrogen and oxygen atoms in total. The number of nitrogens with zero attached hydrogens (tertiary/aromatic N) is 1. The maximum Gasteiger partial charge on any atom is 0.263 e. The standard InChI is InChI=1S/C19H25N3O3/c1-3-4-11-25-12-5-10-21-19(24)17(13-20)14-22-18-8-6-16(7-9-18)15(2)23/h6-9,14,22H,3-5,10-12H2,1-2H3,(H,21,24)/b17-14-. The van der Waals surface area contributed by atoms with E-state index in [9.17, 15) is 9.59 Å². The maximum atomic E-state index is 11.9. The van der Waals surface area contributed by atoms with E-state index in [-0.39, 0.29) is 11.4 Å². The second-order valence-electron chi connectivity index (χ2n) is 5.52. The first kappa shape index (κ1) is 20.4. The van der Waals surface area contributed by atoms with Gasteiger partial charge in [0.15, 0.2) is 5.78 Å². The van der Waals surface area contributed by atoms with E-state index in [1.165, 1.54) is 13.1 Å². The number of hydrogen-bond acceptors (Lipinski definition) is 5. The molecular formula is C19H25N3O3. The molecule has 1 amide bonds. The summed E-state index contributed by atoms with van der Waals surface area (Å²) in [6, 6.07) is 8.67. The van der Waals surface area contributed by atoms with Crippen LogP contribution in [0.15, 0.2) is 36.0 Å². The van der Waals surface area contributed by atoms with Gasteiger partial charge in [-0.3, -0.25) is 9.59 Å². The minimum absolute atomic E-state index is 0.0115. The molecule has 0 aliphatic rings. The van der Waals surface area contributed by atoms with Crippen LogP contribution in [-0.2, 0) is 9.53 Å². The zero-order chi connectivity index (χ0) is 18.5. The van der Waals surface area contributed by atoms with Gasteiger partial charge in [-0.2, -0.15) is 5.26 Å². The van der Waals surface area contributed by atoms with Crippen molar-refractivity contribution in [2.24, 2.45) is 0 Å². The summed E-state index contributed by atoms with van der Waals surface area (Å²) in [4.78, 5) is 23.2. The molecule has 0 aliphatic heterocycles. The zero-order valence-corrected chi connectivity index (χ0v) is 14.8. The summed E-state index contributed by atoms with van der Waals surface area (Å²) in [6.07, 6.45) is 4.19. The van der Waals surface area contributed by atoms with E-state index < -0.39 is 5.91 Å². The molecule has 0 aromatic heterocycles. The molecule has 1 aromatic carbocycles. The van der Waals surface area contributed by atoms with Crippen molar-refractivity contribution in [1.29, 1.82) is 5.26 Å². The molecule has 25 heavy (non-hydrogen) atoms. The van der Waals surface area contributed by atoms with Crippen LogP contribution in [0.2, 0.25) is 0 Å². The molecular weight excluding hydrogens is 318 g/mol. The fourth-order valence-corrected chi connectivity index (χ4v) is 1.93. The third-order valence-electron chi connectivity index (χ3n) is 3.43. The Morgan fingerprint density at radius 2 is 1.88 bits per heavy atom. The van der Waals surface area contributed by atoms with Crippen molar-refractivity contribution in [1.82, 2.24) is 5.32 Å². The van der Waals surface area contributed by atoms with Gasteiger partial charge in [-0.25, -0.2) is 0 Å². The number of carbonyl (C=O) groups excluding carboxylic acids is 2.